The van der Waals surface area contributed by atoms with E-state index in [0.29, 0.717) is 5.75 Å². The lowest BCUT2D eigenvalue weighted by Crippen LogP contribution is -2.20. The Hall–Kier alpha value is -1.23. The molecule has 5 heteroatoms. The molecule has 1 rings (SSSR count). The molecule has 0 aliphatic heterocycles. The molecule has 0 aromatic heterocycles. The smallest absolute Gasteiger partial charge is 0.395 e. The third-order valence-corrected chi connectivity index (χ3v) is 2.42. The summed E-state index contributed by atoms with van der Waals surface area (Å²) >= 11 is 0. The van der Waals surface area contributed by atoms with E-state index in [2.05, 4.69) is 0 Å². The zero-order valence-electron chi connectivity index (χ0n) is 9.50. The number of rotatable bonds is 5. The molecule has 0 aliphatic carbocycles. The Kier molecular flexibility index (Phi) is 4.81. The molecule has 1 atom stereocenters. The van der Waals surface area contributed by atoms with Gasteiger partial charge in [0.2, 0.25) is 0 Å². The minimum atomic E-state index is -4.25. The van der Waals surface area contributed by atoms with E-state index in [1.807, 2.05) is 0 Å². The SMILES string of the molecule is CCC(c1cccc(OCCO)c1)C(F)(F)F. The van der Waals surface area contributed by atoms with Crippen LogP contribution in [0.2, 0.25) is 0 Å². The van der Waals surface area contributed by atoms with Crippen molar-refractivity contribution in [3.05, 3.63) is 29.8 Å². The molecule has 2 nitrogen and oxygen atoms in total. The lowest BCUT2D eigenvalue weighted by molar-refractivity contribution is -0.151. The second-order valence-electron chi connectivity index (χ2n) is 3.65. The van der Waals surface area contributed by atoms with Gasteiger partial charge in [0.1, 0.15) is 12.4 Å². The van der Waals surface area contributed by atoms with Crippen LogP contribution in [0.3, 0.4) is 0 Å². The van der Waals surface area contributed by atoms with Crippen molar-refractivity contribution < 1.29 is 23.0 Å². The molecule has 0 radical (unpaired) electrons. The third-order valence-electron chi connectivity index (χ3n) is 2.42. The lowest BCUT2D eigenvalue weighted by Gasteiger charge is -2.19. The minimum Gasteiger partial charge on any atom is -0.491 e. The number of hydrogen-bond acceptors (Lipinski definition) is 2. The van der Waals surface area contributed by atoms with Crippen molar-refractivity contribution in [1.82, 2.24) is 0 Å². The average Bonchev–Trinajstić information content (AvgIpc) is 2.26. The van der Waals surface area contributed by atoms with Crippen LogP contribution in [0.5, 0.6) is 5.75 Å². The Labute approximate surface area is 98.0 Å². The van der Waals surface area contributed by atoms with Crippen LogP contribution < -0.4 is 4.74 Å². The summed E-state index contributed by atoms with van der Waals surface area (Å²) in [6.07, 6.45) is -4.25. The van der Waals surface area contributed by atoms with Crippen LogP contribution in [0, 0.1) is 0 Å². The predicted octanol–water partition coefficient (Wildman–Crippen LogP) is 3.11. The van der Waals surface area contributed by atoms with Crippen molar-refractivity contribution in [2.75, 3.05) is 13.2 Å². The maximum absolute atomic E-state index is 12.7. The normalized spacial score (nSPS) is 13.5. The molecule has 0 saturated heterocycles. The van der Waals surface area contributed by atoms with Gasteiger partial charge in [0.05, 0.1) is 12.5 Å². The van der Waals surface area contributed by atoms with E-state index >= 15 is 0 Å². The number of halogens is 3. The third kappa shape index (κ3) is 3.93. The van der Waals surface area contributed by atoms with Gasteiger partial charge < -0.3 is 9.84 Å². The molecule has 1 aromatic carbocycles. The van der Waals surface area contributed by atoms with E-state index in [1.165, 1.54) is 25.1 Å². The van der Waals surface area contributed by atoms with Crippen molar-refractivity contribution >= 4 is 0 Å². The molecule has 0 fully saturated rings. The van der Waals surface area contributed by atoms with Gasteiger partial charge in [0, 0.05) is 0 Å². The highest BCUT2D eigenvalue weighted by molar-refractivity contribution is 5.31. The fourth-order valence-corrected chi connectivity index (χ4v) is 1.64. The van der Waals surface area contributed by atoms with Crippen molar-refractivity contribution in [2.45, 2.75) is 25.4 Å². The van der Waals surface area contributed by atoms with Gasteiger partial charge in [-0.05, 0) is 24.1 Å². The summed E-state index contributed by atoms with van der Waals surface area (Å²) in [6, 6.07) is 5.91. The fourth-order valence-electron chi connectivity index (χ4n) is 1.64. The number of aliphatic hydroxyl groups is 1. The first-order valence-electron chi connectivity index (χ1n) is 5.39. The quantitative estimate of drug-likeness (QED) is 0.867. The maximum Gasteiger partial charge on any atom is 0.395 e. The van der Waals surface area contributed by atoms with Gasteiger partial charge in [0.15, 0.2) is 0 Å². The number of benzene rings is 1. The predicted molar refractivity (Wildman–Crippen MR) is 58.1 cm³/mol. The second-order valence-corrected chi connectivity index (χ2v) is 3.65. The number of hydrogen-bond donors (Lipinski definition) is 1. The number of aliphatic hydroxyl groups excluding tert-OH is 1. The second kappa shape index (κ2) is 5.91. The van der Waals surface area contributed by atoms with Gasteiger partial charge in [0.25, 0.3) is 0 Å². The van der Waals surface area contributed by atoms with Crippen LogP contribution >= 0.6 is 0 Å². The van der Waals surface area contributed by atoms with Crippen LogP contribution in [-0.4, -0.2) is 24.5 Å². The van der Waals surface area contributed by atoms with Crippen LogP contribution in [0.15, 0.2) is 24.3 Å². The zero-order chi connectivity index (χ0) is 12.9. The molecule has 0 saturated carbocycles. The molecule has 0 heterocycles. The van der Waals surface area contributed by atoms with Gasteiger partial charge in [-0.25, -0.2) is 0 Å². The summed E-state index contributed by atoms with van der Waals surface area (Å²) in [5.41, 5.74) is 0.190. The number of alkyl halides is 3. The molecule has 17 heavy (non-hydrogen) atoms. The van der Waals surface area contributed by atoms with Crippen molar-refractivity contribution in [2.24, 2.45) is 0 Å². The van der Waals surface area contributed by atoms with E-state index < -0.39 is 12.1 Å². The molecule has 1 unspecified atom stereocenters. The van der Waals surface area contributed by atoms with E-state index in [1.54, 1.807) is 6.07 Å². The van der Waals surface area contributed by atoms with Gasteiger partial charge in [-0.1, -0.05) is 19.1 Å². The lowest BCUT2D eigenvalue weighted by atomic mass is 9.96. The molecule has 0 bridgehead atoms. The summed E-state index contributed by atoms with van der Waals surface area (Å²) in [7, 11) is 0. The summed E-state index contributed by atoms with van der Waals surface area (Å²) in [4.78, 5) is 0. The Morgan fingerprint density at radius 1 is 1.35 bits per heavy atom. The molecule has 1 aromatic rings. The highest BCUT2D eigenvalue weighted by Crippen LogP contribution is 2.38. The van der Waals surface area contributed by atoms with Crippen LogP contribution in [0.25, 0.3) is 0 Å². The van der Waals surface area contributed by atoms with Crippen molar-refractivity contribution in [3.63, 3.8) is 0 Å². The minimum absolute atomic E-state index is 0.00699. The summed E-state index contributed by atoms with van der Waals surface area (Å²) in [5.74, 6) is -1.13. The van der Waals surface area contributed by atoms with Crippen molar-refractivity contribution in [1.29, 1.82) is 0 Å². The molecule has 96 valence electrons. The molecule has 1 N–H and O–H groups in total. The van der Waals surface area contributed by atoms with E-state index in [0.717, 1.165) is 0 Å². The monoisotopic (exact) mass is 248 g/mol. The molecular weight excluding hydrogens is 233 g/mol. The summed E-state index contributed by atoms with van der Waals surface area (Å²) < 4.78 is 43.2. The largest absolute Gasteiger partial charge is 0.491 e. The number of ether oxygens (including phenoxy) is 1. The molecule has 0 amide bonds. The van der Waals surface area contributed by atoms with E-state index in [9.17, 15) is 13.2 Å². The van der Waals surface area contributed by atoms with Gasteiger partial charge in [-0.3, -0.25) is 0 Å². The standard InChI is InChI=1S/C12H15F3O2/c1-2-11(12(13,14)15)9-4-3-5-10(8-9)17-7-6-16/h3-5,8,11,16H,2,6-7H2,1H3. The maximum atomic E-state index is 12.7. The highest BCUT2D eigenvalue weighted by atomic mass is 19.4. The van der Waals surface area contributed by atoms with Crippen LogP contribution in [0.4, 0.5) is 13.2 Å². The van der Waals surface area contributed by atoms with Crippen molar-refractivity contribution in [3.8, 4) is 5.75 Å². The Morgan fingerprint density at radius 2 is 2.06 bits per heavy atom. The van der Waals surface area contributed by atoms with Crippen LogP contribution in [0.1, 0.15) is 24.8 Å². The van der Waals surface area contributed by atoms with Gasteiger partial charge in [-0.15, -0.1) is 0 Å². The van der Waals surface area contributed by atoms with Gasteiger partial charge in [-0.2, -0.15) is 13.2 Å². The topological polar surface area (TPSA) is 29.5 Å². The zero-order valence-corrected chi connectivity index (χ0v) is 9.50. The van der Waals surface area contributed by atoms with E-state index in [-0.39, 0.29) is 25.2 Å². The first kappa shape index (κ1) is 13.8. The first-order valence-corrected chi connectivity index (χ1v) is 5.39. The Morgan fingerprint density at radius 3 is 2.59 bits per heavy atom. The van der Waals surface area contributed by atoms with Crippen LogP contribution in [-0.2, 0) is 0 Å². The highest BCUT2D eigenvalue weighted by Gasteiger charge is 2.39. The van der Waals surface area contributed by atoms with Gasteiger partial charge >= 0.3 is 6.18 Å². The molecular formula is C12H15F3O2. The Balaban J connectivity index is 2.89. The average molecular weight is 248 g/mol. The first-order chi connectivity index (χ1) is 7.99. The summed E-state index contributed by atoms with van der Waals surface area (Å²) in [6.45, 7) is 1.41. The molecule has 0 aliphatic rings. The molecule has 0 spiro atoms. The van der Waals surface area contributed by atoms with E-state index in [4.69, 9.17) is 9.84 Å². The Bertz CT molecular complexity index is 350. The summed E-state index contributed by atoms with van der Waals surface area (Å²) in [5, 5.41) is 8.58. The fraction of sp³-hybridized carbons (Fsp3) is 0.500.